The molecule has 0 spiro atoms. The van der Waals surface area contributed by atoms with E-state index >= 15 is 0 Å². The van der Waals surface area contributed by atoms with E-state index in [0.29, 0.717) is 0 Å². The quantitative estimate of drug-likeness (QED) is 0.691. The first-order valence-electron chi connectivity index (χ1n) is 8.18. The summed E-state index contributed by atoms with van der Waals surface area (Å²) in [6.07, 6.45) is 1.16. The summed E-state index contributed by atoms with van der Waals surface area (Å²) in [6, 6.07) is 6.54. The molecule has 1 aromatic heterocycles. The van der Waals surface area contributed by atoms with Crippen molar-refractivity contribution in [1.82, 2.24) is 15.6 Å². The third-order valence-electron chi connectivity index (χ3n) is 3.51. The lowest BCUT2D eigenvalue weighted by molar-refractivity contribution is -0.304. The van der Waals surface area contributed by atoms with Gasteiger partial charge in [-0.3, -0.25) is 4.79 Å². The Bertz CT molecular complexity index is 807. The maximum absolute atomic E-state index is 12.3. The minimum atomic E-state index is -1.42. The van der Waals surface area contributed by atoms with E-state index in [0.717, 1.165) is 16.5 Å². The van der Waals surface area contributed by atoms with E-state index in [1.165, 1.54) is 0 Å². The fraction of sp³-hybridized carbons (Fsp3) is 0.389. The van der Waals surface area contributed by atoms with Crippen LogP contribution in [0.2, 0.25) is 0 Å². The smallest absolute Gasteiger partial charge is 0.408 e. The van der Waals surface area contributed by atoms with E-state index in [2.05, 4.69) is 15.6 Å². The number of amides is 2. The fourth-order valence-electron chi connectivity index (χ4n) is 2.46. The van der Waals surface area contributed by atoms with Crippen molar-refractivity contribution in [1.29, 1.82) is 0 Å². The molecule has 8 nitrogen and oxygen atoms in total. The molecule has 8 heteroatoms. The predicted octanol–water partition coefficient (Wildman–Crippen LogP) is 0.470. The Morgan fingerprint density at radius 1 is 1.23 bits per heavy atom. The number of ether oxygens (including phenoxy) is 1. The highest BCUT2D eigenvalue weighted by Gasteiger charge is 2.25. The van der Waals surface area contributed by atoms with Gasteiger partial charge in [0.2, 0.25) is 5.91 Å². The van der Waals surface area contributed by atoms with Crippen LogP contribution in [0, 0.1) is 0 Å². The maximum Gasteiger partial charge on any atom is 0.408 e. The number of benzene rings is 1. The first kappa shape index (κ1) is 19.3. The average molecular weight is 360 g/mol. The largest absolute Gasteiger partial charge is 0.548 e. The fourth-order valence-corrected chi connectivity index (χ4v) is 2.46. The number of carbonyl (C=O) groups excluding carboxylic acids is 3. The minimum absolute atomic E-state index is 0.169. The molecule has 0 aliphatic rings. The van der Waals surface area contributed by atoms with Crippen molar-refractivity contribution < 1.29 is 24.2 Å². The summed E-state index contributed by atoms with van der Waals surface area (Å²) < 4.78 is 5.18. The van der Waals surface area contributed by atoms with Crippen molar-refractivity contribution in [2.24, 2.45) is 0 Å². The number of alkyl carbamates (subject to hydrolysis) is 1. The minimum Gasteiger partial charge on any atom is -0.548 e. The Morgan fingerprint density at radius 3 is 2.58 bits per heavy atom. The molecule has 1 heterocycles. The highest BCUT2D eigenvalue weighted by Crippen LogP contribution is 2.19. The zero-order valence-electron chi connectivity index (χ0n) is 14.9. The van der Waals surface area contributed by atoms with Crippen LogP contribution in [-0.2, 0) is 20.7 Å². The molecule has 1 atom stereocenters. The zero-order chi connectivity index (χ0) is 19.3. The highest BCUT2D eigenvalue weighted by molar-refractivity contribution is 5.89. The van der Waals surface area contributed by atoms with Gasteiger partial charge in [0.25, 0.3) is 0 Å². The molecule has 0 fully saturated rings. The summed E-state index contributed by atoms with van der Waals surface area (Å²) >= 11 is 0. The molecule has 0 saturated carbocycles. The number of carboxylic acid groups (broad SMARTS) is 1. The van der Waals surface area contributed by atoms with Crippen molar-refractivity contribution in [3.05, 3.63) is 36.0 Å². The Balaban J connectivity index is 2.17. The molecule has 2 amide bonds. The van der Waals surface area contributed by atoms with Gasteiger partial charge in [-0.25, -0.2) is 4.79 Å². The van der Waals surface area contributed by atoms with Gasteiger partial charge in [0.15, 0.2) is 0 Å². The predicted molar refractivity (Wildman–Crippen MR) is 93.2 cm³/mol. The summed E-state index contributed by atoms with van der Waals surface area (Å²) in [5.41, 5.74) is 0.982. The van der Waals surface area contributed by atoms with Crippen LogP contribution in [-0.4, -0.2) is 41.1 Å². The van der Waals surface area contributed by atoms with Gasteiger partial charge in [0.1, 0.15) is 11.6 Å². The lowest BCUT2D eigenvalue weighted by Crippen LogP contribution is -2.51. The third-order valence-corrected chi connectivity index (χ3v) is 3.51. The zero-order valence-corrected chi connectivity index (χ0v) is 14.9. The lowest BCUT2D eigenvalue weighted by atomic mass is 10.0. The van der Waals surface area contributed by atoms with Gasteiger partial charge in [0, 0.05) is 23.5 Å². The second-order valence-electron chi connectivity index (χ2n) is 6.85. The van der Waals surface area contributed by atoms with E-state index in [9.17, 15) is 19.5 Å². The summed E-state index contributed by atoms with van der Waals surface area (Å²) in [5.74, 6) is -2.05. The number of hydrogen-bond donors (Lipinski definition) is 3. The van der Waals surface area contributed by atoms with Crippen LogP contribution in [0.1, 0.15) is 26.3 Å². The monoisotopic (exact) mass is 360 g/mol. The van der Waals surface area contributed by atoms with Gasteiger partial charge in [0.05, 0.1) is 12.5 Å². The second-order valence-corrected chi connectivity index (χ2v) is 6.85. The number of carboxylic acids is 1. The van der Waals surface area contributed by atoms with Gasteiger partial charge >= 0.3 is 6.09 Å². The van der Waals surface area contributed by atoms with Gasteiger partial charge < -0.3 is 30.3 Å². The number of aliphatic carboxylic acids is 1. The summed E-state index contributed by atoms with van der Waals surface area (Å²) in [7, 11) is 0. The van der Waals surface area contributed by atoms with Crippen LogP contribution in [0.3, 0.4) is 0 Å². The number of fused-ring (bicyclic) bond motifs is 1. The molecule has 1 unspecified atom stereocenters. The molecular weight excluding hydrogens is 338 g/mol. The average Bonchev–Trinajstić information content (AvgIpc) is 2.93. The molecule has 2 rings (SSSR count). The molecule has 26 heavy (non-hydrogen) atoms. The lowest BCUT2D eigenvalue weighted by Gasteiger charge is -2.23. The van der Waals surface area contributed by atoms with Crippen molar-refractivity contribution in [2.75, 3.05) is 6.54 Å². The van der Waals surface area contributed by atoms with Crippen LogP contribution >= 0.6 is 0 Å². The van der Waals surface area contributed by atoms with Gasteiger partial charge in [-0.05, 0) is 32.4 Å². The highest BCUT2D eigenvalue weighted by atomic mass is 16.6. The second kappa shape index (κ2) is 7.90. The third kappa shape index (κ3) is 5.51. The van der Waals surface area contributed by atoms with Crippen molar-refractivity contribution in [3.8, 4) is 0 Å². The summed E-state index contributed by atoms with van der Waals surface area (Å²) in [5, 5.41) is 16.2. The van der Waals surface area contributed by atoms with Gasteiger partial charge in [-0.15, -0.1) is 0 Å². The van der Waals surface area contributed by atoms with Crippen LogP contribution in [0.5, 0.6) is 0 Å². The Morgan fingerprint density at radius 2 is 1.92 bits per heavy atom. The SMILES string of the molecule is CC(C)(C)OC(=O)NC(Cc1c[nH]c2ccccc12)C(=O)NCC(=O)[O-]. The summed E-state index contributed by atoms with van der Waals surface area (Å²) in [4.78, 5) is 38.1. The molecule has 0 aliphatic carbocycles. The van der Waals surface area contributed by atoms with Crippen LogP contribution in [0.4, 0.5) is 4.79 Å². The van der Waals surface area contributed by atoms with Crippen LogP contribution in [0.15, 0.2) is 30.5 Å². The Hall–Kier alpha value is -3.03. The van der Waals surface area contributed by atoms with E-state index in [4.69, 9.17) is 4.74 Å². The van der Waals surface area contributed by atoms with Crippen LogP contribution < -0.4 is 15.7 Å². The van der Waals surface area contributed by atoms with E-state index in [1.807, 2.05) is 24.3 Å². The molecular formula is C18H22N3O5-. The Labute approximate surface area is 150 Å². The van der Waals surface area contributed by atoms with Crippen LogP contribution in [0.25, 0.3) is 10.9 Å². The molecule has 0 aliphatic heterocycles. The molecule has 3 N–H and O–H groups in total. The molecule has 0 radical (unpaired) electrons. The van der Waals surface area contributed by atoms with Gasteiger partial charge in [-0.1, -0.05) is 18.2 Å². The van der Waals surface area contributed by atoms with Crippen molar-refractivity contribution in [2.45, 2.75) is 38.8 Å². The maximum atomic E-state index is 12.3. The standard InChI is InChI=1S/C18H23N3O5/c1-18(2,3)26-17(25)21-14(16(24)20-10-15(22)23)8-11-9-19-13-7-5-4-6-12(11)13/h4-7,9,14,19H,8,10H2,1-3H3,(H,20,24)(H,21,25)(H,22,23)/p-1. The summed E-state index contributed by atoms with van der Waals surface area (Å²) in [6.45, 7) is 4.48. The van der Waals surface area contributed by atoms with Gasteiger partial charge in [-0.2, -0.15) is 0 Å². The Kier molecular flexibility index (Phi) is 5.86. The number of aromatic amines is 1. The van der Waals surface area contributed by atoms with E-state index in [1.54, 1.807) is 27.0 Å². The molecule has 1 aromatic carbocycles. The molecule has 0 bridgehead atoms. The first-order chi connectivity index (χ1) is 12.2. The van der Waals surface area contributed by atoms with Crippen molar-refractivity contribution in [3.63, 3.8) is 0 Å². The van der Waals surface area contributed by atoms with E-state index in [-0.39, 0.29) is 6.42 Å². The molecule has 140 valence electrons. The normalized spacial score (nSPS) is 12.4. The molecule has 2 aromatic rings. The topological polar surface area (TPSA) is 123 Å². The van der Waals surface area contributed by atoms with Crippen molar-refractivity contribution >= 4 is 28.9 Å². The number of H-pyrrole nitrogens is 1. The number of hydrogen-bond acceptors (Lipinski definition) is 5. The number of aromatic nitrogens is 1. The molecule has 0 saturated heterocycles. The number of para-hydroxylation sites is 1. The number of rotatable bonds is 6. The first-order valence-corrected chi connectivity index (χ1v) is 8.18. The number of carbonyl (C=O) groups is 3. The van der Waals surface area contributed by atoms with E-state index < -0.39 is 36.2 Å². The number of nitrogens with one attached hydrogen (secondary N) is 3.